The zero-order valence-corrected chi connectivity index (χ0v) is 16.1. The van der Waals surface area contributed by atoms with E-state index in [1.54, 1.807) is 18.2 Å². The predicted octanol–water partition coefficient (Wildman–Crippen LogP) is 4.45. The molecule has 0 saturated heterocycles. The Kier molecular flexibility index (Phi) is 5.61. The highest BCUT2D eigenvalue weighted by atomic mass is 32.1. The number of carbonyl (C=O) groups is 2. The van der Waals surface area contributed by atoms with E-state index >= 15 is 0 Å². The molecule has 26 heavy (non-hydrogen) atoms. The third-order valence-electron chi connectivity index (χ3n) is 4.26. The number of anilines is 1. The number of benzene rings is 1. The molecule has 1 aromatic carbocycles. The van der Waals surface area contributed by atoms with Gasteiger partial charge >= 0.3 is 5.97 Å². The molecule has 1 aliphatic carbocycles. The molecule has 1 amide bonds. The molecule has 3 rings (SSSR count). The summed E-state index contributed by atoms with van der Waals surface area (Å²) in [4.78, 5) is 26.2. The number of nitrogens with one attached hydrogen (secondary N) is 1. The minimum absolute atomic E-state index is 0.0308. The summed E-state index contributed by atoms with van der Waals surface area (Å²) >= 11 is 1.48. The van der Waals surface area contributed by atoms with Crippen molar-refractivity contribution in [1.29, 1.82) is 0 Å². The van der Waals surface area contributed by atoms with Crippen molar-refractivity contribution in [1.82, 2.24) is 0 Å². The van der Waals surface area contributed by atoms with Crippen LogP contribution in [0.1, 0.15) is 57.8 Å². The zero-order chi connectivity index (χ0) is 18.7. The maximum atomic E-state index is 12.7. The highest BCUT2D eigenvalue weighted by Gasteiger charge is 2.27. The second-order valence-corrected chi connectivity index (χ2v) is 7.66. The van der Waals surface area contributed by atoms with E-state index in [1.807, 2.05) is 19.9 Å². The zero-order valence-electron chi connectivity index (χ0n) is 15.3. The molecule has 0 aliphatic heterocycles. The normalized spacial score (nSPS) is 13.2. The summed E-state index contributed by atoms with van der Waals surface area (Å²) < 4.78 is 10.6. The predicted molar refractivity (Wildman–Crippen MR) is 102 cm³/mol. The Balaban J connectivity index is 1.88. The Bertz CT molecular complexity index is 825. The fourth-order valence-corrected chi connectivity index (χ4v) is 4.40. The fraction of sp³-hybridized carbons (Fsp3) is 0.400. The molecule has 0 radical (unpaired) electrons. The van der Waals surface area contributed by atoms with Crippen molar-refractivity contribution in [2.45, 2.75) is 45.6 Å². The third kappa shape index (κ3) is 3.90. The van der Waals surface area contributed by atoms with E-state index in [0.29, 0.717) is 21.9 Å². The smallest absolute Gasteiger partial charge is 0.341 e. The van der Waals surface area contributed by atoms with Crippen molar-refractivity contribution < 1.29 is 19.1 Å². The molecule has 0 saturated carbocycles. The molecule has 0 unspecified atom stereocenters. The first kappa shape index (κ1) is 18.5. The van der Waals surface area contributed by atoms with Crippen molar-refractivity contribution in [2.75, 3.05) is 12.4 Å². The molecule has 2 aromatic rings. The van der Waals surface area contributed by atoms with Gasteiger partial charge < -0.3 is 14.8 Å². The van der Waals surface area contributed by atoms with E-state index in [2.05, 4.69) is 5.32 Å². The topological polar surface area (TPSA) is 64.6 Å². The Morgan fingerprint density at radius 1 is 1.19 bits per heavy atom. The van der Waals surface area contributed by atoms with Crippen molar-refractivity contribution >= 4 is 28.2 Å². The lowest BCUT2D eigenvalue weighted by molar-refractivity contribution is 0.0601. The van der Waals surface area contributed by atoms with Crippen LogP contribution in [0.4, 0.5) is 5.00 Å². The number of thiophene rings is 1. The molecule has 5 nitrogen and oxygen atoms in total. The standard InChI is InChI=1S/C20H23NO4S/c1-12(2)25-14-8-6-7-13(11-14)18(22)21-19-17(20(23)24-3)15-9-4-5-10-16(15)26-19/h6-8,11-12H,4-5,9-10H2,1-3H3,(H,21,22). The number of carbonyl (C=O) groups excluding carboxylic acids is 2. The van der Waals surface area contributed by atoms with E-state index < -0.39 is 5.97 Å². The van der Waals surface area contributed by atoms with Crippen LogP contribution in [0.25, 0.3) is 0 Å². The number of hydrogen-bond acceptors (Lipinski definition) is 5. The van der Waals surface area contributed by atoms with E-state index in [-0.39, 0.29) is 12.0 Å². The first-order chi connectivity index (χ1) is 12.5. The summed E-state index contributed by atoms with van der Waals surface area (Å²) in [5.74, 6) is -0.00846. The number of ether oxygens (including phenoxy) is 2. The van der Waals surface area contributed by atoms with Crippen LogP contribution < -0.4 is 10.1 Å². The molecule has 0 fully saturated rings. The van der Waals surface area contributed by atoms with Crippen LogP contribution in [0.2, 0.25) is 0 Å². The second-order valence-electron chi connectivity index (χ2n) is 6.56. The molecule has 0 spiro atoms. The second kappa shape index (κ2) is 7.91. The van der Waals surface area contributed by atoms with Gasteiger partial charge in [-0.2, -0.15) is 0 Å². The summed E-state index contributed by atoms with van der Waals surface area (Å²) in [6, 6.07) is 7.04. The maximum Gasteiger partial charge on any atom is 0.341 e. The van der Waals surface area contributed by atoms with E-state index in [9.17, 15) is 9.59 Å². The number of rotatable bonds is 5. The average Bonchev–Trinajstić information content (AvgIpc) is 2.98. The SMILES string of the molecule is COC(=O)c1c(NC(=O)c2cccc(OC(C)C)c2)sc2c1CCCC2. The number of fused-ring (bicyclic) bond motifs is 1. The molecular formula is C20H23NO4S. The quantitative estimate of drug-likeness (QED) is 0.786. The summed E-state index contributed by atoms with van der Waals surface area (Å²) in [7, 11) is 1.37. The first-order valence-electron chi connectivity index (χ1n) is 8.80. The Morgan fingerprint density at radius 3 is 2.69 bits per heavy atom. The Hall–Kier alpha value is -2.34. The summed E-state index contributed by atoms with van der Waals surface area (Å²) in [6.07, 6.45) is 3.98. The average molecular weight is 373 g/mol. The maximum absolute atomic E-state index is 12.7. The van der Waals surface area contributed by atoms with E-state index in [1.165, 1.54) is 23.3 Å². The number of amides is 1. The number of aryl methyl sites for hydroxylation is 1. The minimum Gasteiger partial charge on any atom is -0.491 e. The van der Waals surface area contributed by atoms with Crippen molar-refractivity contribution in [3.05, 3.63) is 45.8 Å². The van der Waals surface area contributed by atoms with Gasteiger partial charge in [0.25, 0.3) is 5.91 Å². The van der Waals surface area contributed by atoms with Gasteiger partial charge in [-0.25, -0.2) is 4.79 Å². The summed E-state index contributed by atoms with van der Waals surface area (Å²) in [6.45, 7) is 3.87. The van der Waals surface area contributed by atoms with Gasteiger partial charge in [-0.1, -0.05) is 6.07 Å². The minimum atomic E-state index is -0.392. The molecule has 1 heterocycles. The summed E-state index contributed by atoms with van der Waals surface area (Å²) in [5.41, 5.74) is 2.03. The van der Waals surface area contributed by atoms with Crippen LogP contribution >= 0.6 is 11.3 Å². The van der Waals surface area contributed by atoms with E-state index in [4.69, 9.17) is 9.47 Å². The lowest BCUT2D eigenvalue weighted by atomic mass is 9.95. The van der Waals surface area contributed by atoms with Gasteiger partial charge in [-0.05, 0) is 63.3 Å². The van der Waals surface area contributed by atoms with Crippen LogP contribution in [0.15, 0.2) is 24.3 Å². The number of hydrogen-bond donors (Lipinski definition) is 1. The number of esters is 1. The fourth-order valence-electron chi connectivity index (χ4n) is 3.13. The largest absolute Gasteiger partial charge is 0.491 e. The first-order valence-corrected chi connectivity index (χ1v) is 9.62. The van der Waals surface area contributed by atoms with Gasteiger partial charge in [-0.3, -0.25) is 4.79 Å². The summed E-state index contributed by atoms with van der Waals surface area (Å²) in [5, 5.41) is 3.48. The lowest BCUT2D eigenvalue weighted by Crippen LogP contribution is -2.15. The van der Waals surface area contributed by atoms with Crippen molar-refractivity contribution in [3.63, 3.8) is 0 Å². The van der Waals surface area contributed by atoms with Gasteiger partial charge in [-0.15, -0.1) is 11.3 Å². The third-order valence-corrected chi connectivity index (χ3v) is 5.46. The monoisotopic (exact) mass is 373 g/mol. The molecule has 0 bridgehead atoms. The molecule has 138 valence electrons. The molecule has 6 heteroatoms. The number of methoxy groups -OCH3 is 1. The van der Waals surface area contributed by atoms with Gasteiger partial charge in [0.1, 0.15) is 10.8 Å². The van der Waals surface area contributed by atoms with Gasteiger partial charge in [0.05, 0.1) is 18.8 Å². The van der Waals surface area contributed by atoms with Gasteiger partial charge in [0, 0.05) is 10.4 Å². The highest BCUT2D eigenvalue weighted by molar-refractivity contribution is 7.17. The van der Waals surface area contributed by atoms with Gasteiger partial charge in [0.2, 0.25) is 0 Å². The van der Waals surface area contributed by atoms with Crippen molar-refractivity contribution in [3.8, 4) is 5.75 Å². The van der Waals surface area contributed by atoms with Crippen LogP contribution in [-0.4, -0.2) is 25.1 Å². The van der Waals surface area contributed by atoms with Crippen LogP contribution in [-0.2, 0) is 17.6 Å². The molecule has 1 aromatic heterocycles. The lowest BCUT2D eigenvalue weighted by Gasteiger charge is -2.12. The van der Waals surface area contributed by atoms with Crippen LogP contribution in [0.5, 0.6) is 5.75 Å². The highest BCUT2D eigenvalue weighted by Crippen LogP contribution is 2.38. The Morgan fingerprint density at radius 2 is 1.96 bits per heavy atom. The Labute approximate surface area is 157 Å². The van der Waals surface area contributed by atoms with Gasteiger partial charge in [0.15, 0.2) is 0 Å². The molecule has 0 atom stereocenters. The van der Waals surface area contributed by atoms with E-state index in [0.717, 1.165) is 31.2 Å². The van der Waals surface area contributed by atoms with Crippen molar-refractivity contribution in [2.24, 2.45) is 0 Å². The molecule has 1 aliphatic rings. The van der Waals surface area contributed by atoms with Crippen LogP contribution in [0, 0.1) is 0 Å². The molecule has 1 N–H and O–H groups in total. The molecular weight excluding hydrogens is 350 g/mol. The van der Waals surface area contributed by atoms with Crippen LogP contribution in [0.3, 0.4) is 0 Å².